The van der Waals surface area contributed by atoms with Gasteiger partial charge in [0.2, 0.25) is 0 Å². The Morgan fingerprint density at radius 3 is 2.26 bits per heavy atom. The Labute approximate surface area is 235 Å². The van der Waals surface area contributed by atoms with Crippen LogP contribution in [0.1, 0.15) is 38.8 Å². The molecule has 0 unspecified atom stereocenters. The molecule has 0 aliphatic rings. The molecule has 0 bridgehead atoms. The van der Waals surface area contributed by atoms with E-state index >= 15 is 0 Å². The van der Waals surface area contributed by atoms with Gasteiger partial charge in [0.05, 0.1) is 18.6 Å². The van der Waals surface area contributed by atoms with Crippen molar-refractivity contribution in [2.45, 2.75) is 38.3 Å². The van der Waals surface area contributed by atoms with Gasteiger partial charge >= 0.3 is 0 Å². The Balaban J connectivity index is 1.56. The van der Waals surface area contributed by atoms with Crippen LogP contribution >= 0.6 is 27.7 Å². The first-order valence-corrected chi connectivity index (χ1v) is 13.9. The highest BCUT2D eigenvalue weighted by Gasteiger charge is 2.19. The fourth-order valence-electron chi connectivity index (χ4n) is 3.70. The second-order valence-corrected chi connectivity index (χ2v) is 11.6. The van der Waals surface area contributed by atoms with Crippen LogP contribution in [0.2, 0.25) is 0 Å². The molecule has 9 heteroatoms. The van der Waals surface area contributed by atoms with Crippen molar-refractivity contribution in [2.75, 3.05) is 12.9 Å². The first-order chi connectivity index (χ1) is 18.2. The summed E-state index contributed by atoms with van der Waals surface area (Å²) in [6, 6.07) is 23.8. The second-order valence-electron chi connectivity index (χ2n) is 9.69. The van der Waals surface area contributed by atoms with Crippen LogP contribution in [0.5, 0.6) is 5.75 Å². The molecular weight excluding hydrogens is 562 g/mol. The predicted molar refractivity (Wildman–Crippen MR) is 157 cm³/mol. The molecule has 0 saturated heterocycles. The summed E-state index contributed by atoms with van der Waals surface area (Å²) in [4.78, 5) is 12.6. The normalized spacial score (nSPS) is 11.9. The van der Waals surface area contributed by atoms with Crippen LogP contribution in [0.4, 0.5) is 0 Å². The van der Waals surface area contributed by atoms with E-state index in [-0.39, 0.29) is 17.1 Å². The Kier molecular flexibility index (Phi) is 8.69. The number of hydrogen-bond donors (Lipinski definition) is 1. The molecule has 0 spiro atoms. The highest BCUT2D eigenvalue weighted by molar-refractivity contribution is 9.10. The number of carbonyl (C=O) groups excluding carboxylic acids is 1. The van der Waals surface area contributed by atoms with Crippen molar-refractivity contribution in [3.63, 3.8) is 0 Å². The molecule has 3 aromatic carbocycles. The maximum absolute atomic E-state index is 12.6. The van der Waals surface area contributed by atoms with Crippen LogP contribution in [0.25, 0.3) is 17.1 Å². The zero-order chi connectivity index (χ0) is 27.3. The van der Waals surface area contributed by atoms with Gasteiger partial charge in [0.15, 0.2) is 11.0 Å². The van der Waals surface area contributed by atoms with E-state index in [0.29, 0.717) is 11.0 Å². The minimum atomic E-state index is -0.230. The van der Waals surface area contributed by atoms with Crippen LogP contribution in [-0.4, -0.2) is 39.2 Å². The molecule has 1 N–H and O–H groups in total. The topological polar surface area (TPSA) is 81.4 Å². The summed E-state index contributed by atoms with van der Waals surface area (Å²) >= 11 is 4.73. The number of thioether (sulfide) groups is 1. The Bertz CT molecular complexity index is 1420. The number of ether oxygens (including phenoxy) is 1. The molecule has 196 valence electrons. The Hall–Kier alpha value is -3.43. The van der Waals surface area contributed by atoms with Gasteiger partial charge in [0.25, 0.3) is 5.91 Å². The van der Waals surface area contributed by atoms with E-state index in [9.17, 15) is 4.79 Å². The summed E-state index contributed by atoms with van der Waals surface area (Å²) < 4.78 is 8.27. The maximum Gasteiger partial charge on any atom is 0.250 e. The molecule has 1 aromatic heterocycles. The number of aromatic nitrogens is 3. The predicted octanol–water partition coefficient (Wildman–Crippen LogP) is 6.64. The number of amides is 1. The van der Waals surface area contributed by atoms with Gasteiger partial charge in [-0.05, 0) is 59.9 Å². The molecule has 0 aliphatic heterocycles. The number of carbonyl (C=O) groups is 1. The van der Waals surface area contributed by atoms with Gasteiger partial charge in [-0.25, -0.2) is 5.43 Å². The molecule has 0 aliphatic carbocycles. The SMILES string of the molecule is COc1ccc(-n2c(SCC(=O)NN=C(C)c3ccc(Br)cc3)nnc2-c2ccc(C(C)(C)C)cc2)cc1. The van der Waals surface area contributed by atoms with Crippen molar-refractivity contribution in [1.82, 2.24) is 20.2 Å². The number of halogens is 1. The van der Waals surface area contributed by atoms with Crippen molar-refractivity contribution in [3.8, 4) is 22.8 Å². The van der Waals surface area contributed by atoms with Gasteiger partial charge in [-0.2, -0.15) is 5.10 Å². The molecule has 4 rings (SSSR count). The average Bonchev–Trinajstić information content (AvgIpc) is 3.34. The summed E-state index contributed by atoms with van der Waals surface area (Å²) in [5.74, 6) is 1.36. The van der Waals surface area contributed by atoms with Crippen molar-refractivity contribution in [3.05, 3.63) is 88.4 Å². The standard InChI is InChI=1S/C29H30BrN5O2S/c1-19(20-8-12-23(30)13-9-20)31-32-26(36)18-38-28-34-33-27(21-6-10-22(11-7-21)29(2,3)4)35(28)24-14-16-25(37-5)17-15-24/h6-17H,18H2,1-5H3,(H,32,36). The molecule has 1 heterocycles. The Morgan fingerprint density at radius 1 is 1.00 bits per heavy atom. The number of benzene rings is 3. The third kappa shape index (κ3) is 6.71. The van der Waals surface area contributed by atoms with Crippen LogP contribution in [-0.2, 0) is 10.2 Å². The average molecular weight is 593 g/mol. The summed E-state index contributed by atoms with van der Waals surface area (Å²) in [5, 5.41) is 13.8. The van der Waals surface area contributed by atoms with E-state index < -0.39 is 0 Å². The molecule has 0 radical (unpaired) electrons. The number of methoxy groups -OCH3 is 1. The van der Waals surface area contributed by atoms with E-state index in [1.165, 1.54) is 17.3 Å². The second kappa shape index (κ2) is 12.0. The maximum atomic E-state index is 12.6. The highest BCUT2D eigenvalue weighted by Crippen LogP contribution is 2.30. The summed E-state index contributed by atoms with van der Waals surface area (Å²) in [5.41, 5.74) is 7.39. The van der Waals surface area contributed by atoms with Gasteiger partial charge in [0.1, 0.15) is 5.75 Å². The molecule has 38 heavy (non-hydrogen) atoms. The highest BCUT2D eigenvalue weighted by atomic mass is 79.9. The van der Waals surface area contributed by atoms with Gasteiger partial charge < -0.3 is 4.74 Å². The van der Waals surface area contributed by atoms with Crippen LogP contribution in [0.15, 0.2) is 87.5 Å². The third-order valence-electron chi connectivity index (χ3n) is 5.92. The number of rotatable bonds is 8. The lowest BCUT2D eigenvalue weighted by Gasteiger charge is -2.19. The van der Waals surface area contributed by atoms with Crippen LogP contribution in [0, 0.1) is 0 Å². The summed E-state index contributed by atoms with van der Waals surface area (Å²) in [6.07, 6.45) is 0. The van der Waals surface area contributed by atoms with Crippen LogP contribution < -0.4 is 10.2 Å². The number of hydrazone groups is 1. The lowest BCUT2D eigenvalue weighted by molar-refractivity contribution is -0.118. The lowest BCUT2D eigenvalue weighted by atomic mass is 9.87. The molecule has 0 atom stereocenters. The van der Waals surface area contributed by atoms with Crippen molar-refractivity contribution in [2.24, 2.45) is 5.10 Å². The zero-order valence-electron chi connectivity index (χ0n) is 22.0. The van der Waals surface area contributed by atoms with E-state index in [1.54, 1.807) is 7.11 Å². The number of nitrogens with one attached hydrogen (secondary N) is 1. The van der Waals surface area contributed by atoms with E-state index in [2.05, 4.69) is 81.7 Å². The monoisotopic (exact) mass is 591 g/mol. The van der Waals surface area contributed by atoms with Crippen molar-refractivity contribution < 1.29 is 9.53 Å². The fourth-order valence-corrected chi connectivity index (χ4v) is 4.71. The van der Waals surface area contributed by atoms with Gasteiger partial charge in [-0.15, -0.1) is 10.2 Å². The van der Waals surface area contributed by atoms with Gasteiger partial charge in [-0.1, -0.05) is 84.9 Å². The molecule has 0 saturated carbocycles. The quantitative estimate of drug-likeness (QED) is 0.141. The van der Waals surface area contributed by atoms with E-state index in [1.807, 2.05) is 60.0 Å². The molecule has 4 aromatic rings. The minimum Gasteiger partial charge on any atom is -0.497 e. The smallest absolute Gasteiger partial charge is 0.250 e. The number of nitrogens with zero attached hydrogens (tertiary/aromatic N) is 4. The molecule has 7 nitrogen and oxygen atoms in total. The van der Waals surface area contributed by atoms with Crippen LogP contribution in [0.3, 0.4) is 0 Å². The first kappa shape index (κ1) is 27.6. The largest absolute Gasteiger partial charge is 0.497 e. The molecular formula is C29H30BrN5O2S. The zero-order valence-corrected chi connectivity index (χ0v) is 24.4. The molecule has 1 amide bonds. The van der Waals surface area contributed by atoms with Crippen molar-refractivity contribution >= 4 is 39.3 Å². The number of hydrogen-bond acceptors (Lipinski definition) is 6. The van der Waals surface area contributed by atoms with Crippen molar-refractivity contribution in [1.29, 1.82) is 0 Å². The van der Waals surface area contributed by atoms with Gasteiger partial charge in [-0.3, -0.25) is 9.36 Å². The fraction of sp³-hybridized carbons (Fsp3) is 0.241. The minimum absolute atomic E-state index is 0.0504. The molecule has 0 fully saturated rings. The summed E-state index contributed by atoms with van der Waals surface area (Å²) in [7, 11) is 1.64. The third-order valence-corrected chi connectivity index (χ3v) is 7.37. The summed E-state index contributed by atoms with van der Waals surface area (Å²) in [6.45, 7) is 8.42. The van der Waals surface area contributed by atoms with Gasteiger partial charge in [0, 0.05) is 15.7 Å². The first-order valence-electron chi connectivity index (χ1n) is 12.1. The van der Waals surface area contributed by atoms with E-state index in [0.717, 1.165) is 32.7 Å². The Morgan fingerprint density at radius 2 is 1.66 bits per heavy atom. The van der Waals surface area contributed by atoms with E-state index in [4.69, 9.17) is 4.74 Å². The lowest BCUT2D eigenvalue weighted by Crippen LogP contribution is -2.21.